The minimum Gasteiger partial charge on any atom is -0.473 e. The second-order valence-corrected chi connectivity index (χ2v) is 15.3. The molecule has 1 aliphatic rings. The zero-order valence-corrected chi connectivity index (χ0v) is 32.3. The fourth-order valence-electron chi connectivity index (χ4n) is 5.71. The first-order chi connectivity index (χ1) is 27.0. The van der Waals surface area contributed by atoms with E-state index in [1.165, 1.54) is 78.0 Å². The molecule has 0 N–H and O–H groups in total. The zero-order valence-electron chi connectivity index (χ0n) is 32.3. The van der Waals surface area contributed by atoms with Crippen LogP contribution in [0, 0.1) is 5.82 Å². The van der Waals surface area contributed by atoms with Crippen molar-refractivity contribution in [3.05, 3.63) is 101 Å². The van der Waals surface area contributed by atoms with Crippen LogP contribution in [0.25, 0.3) is 11.6 Å². The summed E-state index contributed by atoms with van der Waals surface area (Å²) in [5, 5.41) is 7.44. The van der Waals surface area contributed by atoms with E-state index in [1.54, 1.807) is 18.2 Å². The predicted octanol–water partition coefficient (Wildman–Crippen LogP) is 10.7. The number of ether oxygens (including phenoxy) is 4. The number of pyridine rings is 1. The molecule has 11 nitrogen and oxygen atoms in total. The molecule has 2 unspecified atom stereocenters. The van der Waals surface area contributed by atoms with Crippen LogP contribution >= 0.6 is 0 Å². The monoisotopic (exact) mass is 822 g/mol. The fraction of sp³-hybridized carbons (Fsp3) is 0.425. The number of carbonyl (C=O) groups is 2. The van der Waals surface area contributed by atoms with Gasteiger partial charge in [-0.1, -0.05) is 54.6 Å². The summed E-state index contributed by atoms with van der Waals surface area (Å²) in [6.45, 7) is 7.96. The van der Waals surface area contributed by atoms with Gasteiger partial charge in [0.15, 0.2) is 5.69 Å². The summed E-state index contributed by atoms with van der Waals surface area (Å²) >= 11 is 0. The number of carbonyl (C=O) groups excluding carboxylic acids is 2. The topological polar surface area (TPSA) is 126 Å². The third kappa shape index (κ3) is 10.7. The van der Waals surface area contributed by atoms with Gasteiger partial charge < -0.3 is 23.4 Å². The number of allylic oxidation sites excluding steroid dienone is 1. The van der Waals surface area contributed by atoms with E-state index in [1.807, 2.05) is 0 Å². The number of alkyl halides is 6. The minimum atomic E-state index is -5.28. The molecule has 4 aromatic rings. The van der Waals surface area contributed by atoms with Crippen LogP contribution in [0.4, 0.5) is 46.0 Å². The summed E-state index contributed by atoms with van der Waals surface area (Å²) in [6, 6.07) is 13.3. The Bertz CT molecular complexity index is 2060. The van der Waals surface area contributed by atoms with E-state index < -0.39 is 101 Å². The number of fused-ring (bicyclic) bond motifs is 5. The first kappa shape index (κ1) is 43.6. The third-order valence-corrected chi connectivity index (χ3v) is 8.31. The molecular weight excluding hydrogens is 781 g/mol. The maximum atomic E-state index is 15.4. The summed E-state index contributed by atoms with van der Waals surface area (Å²) in [4.78, 5) is 31.7. The molecule has 2 amide bonds. The SMILES string of the molecule is CC(C)(C)OC(=O)N(C(=O)OC(C)(C)C)c1cc(C(F)(F)F)c2nc1-c1nnc(o1)C(OCc1ccccc1)(C(F)(F)F)CC/C=C\CC(Cc1ccc(F)cc1)O2. The van der Waals surface area contributed by atoms with Gasteiger partial charge in [-0.3, -0.25) is 0 Å². The highest BCUT2D eigenvalue weighted by atomic mass is 19.4. The average Bonchev–Trinajstić information content (AvgIpc) is 3.59. The van der Waals surface area contributed by atoms with Gasteiger partial charge in [0, 0.05) is 12.8 Å². The summed E-state index contributed by atoms with van der Waals surface area (Å²) in [5.74, 6) is -3.76. The maximum absolute atomic E-state index is 15.4. The molecule has 2 aromatic carbocycles. The molecule has 2 aromatic heterocycles. The van der Waals surface area contributed by atoms with Crippen molar-refractivity contribution in [2.75, 3.05) is 4.90 Å². The highest BCUT2D eigenvalue weighted by Gasteiger charge is 2.61. The van der Waals surface area contributed by atoms with E-state index in [2.05, 4.69) is 15.2 Å². The molecule has 18 heteroatoms. The summed E-state index contributed by atoms with van der Waals surface area (Å²) in [7, 11) is 0. The first-order valence-electron chi connectivity index (χ1n) is 18.0. The van der Waals surface area contributed by atoms with Gasteiger partial charge in [0.25, 0.3) is 11.8 Å². The molecule has 0 saturated carbocycles. The van der Waals surface area contributed by atoms with Crippen LogP contribution in [0.3, 0.4) is 0 Å². The van der Waals surface area contributed by atoms with Crippen molar-refractivity contribution in [3.63, 3.8) is 0 Å². The summed E-state index contributed by atoms with van der Waals surface area (Å²) in [5.41, 5.74) is -8.58. The van der Waals surface area contributed by atoms with Gasteiger partial charge in [-0.2, -0.15) is 31.2 Å². The summed E-state index contributed by atoms with van der Waals surface area (Å²) < 4.78 is 133. The Morgan fingerprint density at radius 1 is 0.845 bits per heavy atom. The molecule has 4 bridgehead atoms. The van der Waals surface area contributed by atoms with Gasteiger partial charge in [-0.25, -0.2) is 19.0 Å². The van der Waals surface area contributed by atoms with Gasteiger partial charge in [0.1, 0.15) is 28.7 Å². The van der Waals surface area contributed by atoms with Crippen molar-refractivity contribution in [1.82, 2.24) is 15.2 Å². The van der Waals surface area contributed by atoms with Crippen molar-refractivity contribution in [3.8, 4) is 17.5 Å². The van der Waals surface area contributed by atoms with Crippen LogP contribution in [0.2, 0.25) is 0 Å². The molecule has 0 spiro atoms. The number of amides is 2. The average molecular weight is 823 g/mol. The number of halogens is 7. The Kier molecular flexibility index (Phi) is 12.6. The molecule has 0 aliphatic carbocycles. The lowest BCUT2D eigenvalue weighted by atomic mass is 9.95. The number of benzene rings is 2. The number of hydrogen-bond acceptors (Lipinski definition) is 10. The van der Waals surface area contributed by atoms with Gasteiger partial charge in [-0.05, 0) is 83.7 Å². The molecular formula is C40H41F7N4O7. The Balaban J connectivity index is 1.80. The van der Waals surface area contributed by atoms with Crippen molar-refractivity contribution in [2.24, 2.45) is 0 Å². The van der Waals surface area contributed by atoms with E-state index in [9.17, 15) is 14.0 Å². The van der Waals surface area contributed by atoms with Crippen LogP contribution in [0.1, 0.15) is 83.4 Å². The van der Waals surface area contributed by atoms with E-state index in [4.69, 9.17) is 23.4 Å². The molecule has 0 saturated heterocycles. The number of anilines is 1. The lowest BCUT2D eigenvalue weighted by Gasteiger charge is -2.32. The molecule has 58 heavy (non-hydrogen) atoms. The lowest BCUT2D eigenvalue weighted by Crippen LogP contribution is -2.45. The largest absolute Gasteiger partial charge is 0.473 e. The normalized spacial score (nSPS) is 18.4. The van der Waals surface area contributed by atoms with Crippen LogP contribution in [-0.2, 0) is 39.0 Å². The number of aromatic nitrogens is 3. The number of rotatable bonds is 6. The zero-order chi connectivity index (χ0) is 42.7. The molecule has 1 aliphatic heterocycles. The quantitative estimate of drug-likeness (QED) is 0.137. The van der Waals surface area contributed by atoms with Crippen molar-refractivity contribution in [1.29, 1.82) is 0 Å². The lowest BCUT2D eigenvalue weighted by molar-refractivity contribution is -0.299. The molecule has 312 valence electrons. The standard InChI is InChI=1S/C40H41F7N4O7/c1-36(2,3)57-34(52)51(35(53)58-37(4,5)6)29-22-28(39(42,43)44)31-48-30(29)32-49-50-33(56-32)38(40(45,46)47,54-23-25-13-9-7-10-14-25)20-12-8-11-15-27(55-31)21-24-16-18-26(41)19-17-24/h7-11,13-14,16-19,22,27H,12,15,20-21,23H2,1-6H3/b11-8-. The minimum absolute atomic E-state index is 0.104. The van der Waals surface area contributed by atoms with Crippen molar-refractivity contribution in [2.45, 2.75) is 109 Å². The summed E-state index contributed by atoms with van der Waals surface area (Å²) in [6.07, 6.45) is -13.3. The molecule has 5 rings (SSSR count). The highest BCUT2D eigenvalue weighted by molar-refractivity contribution is 6.11. The Morgan fingerprint density at radius 2 is 1.47 bits per heavy atom. The van der Waals surface area contributed by atoms with Crippen molar-refractivity contribution < 1.29 is 63.7 Å². The second-order valence-electron chi connectivity index (χ2n) is 15.3. The number of nitrogens with zero attached hydrogens (tertiary/aromatic N) is 4. The Labute approximate surface area is 329 Å². The van der Waals surface area contributed by atoms with E-state index >= 15 is 26.3 Å². The number of imide groups is 1. The van der Waals surface area contributed by atoms with E-state index in [0.29, 0.717) is 17.2 Å². The Morgan fingerprint density at radius 3 is 2.03 bits per heavy atom. The van der Waals surface area contributed by atoms with Gasteiger partial charge in [0.05, 0.1) is 12.3 Å². The molecule has 3 heterocycles. The van der Waals surface area contributed by atoms with E-state index in [0.717, 1.165) is 12.1 Å². The highest BCUT2D eigenvalue weighted by Crippen LogP contribution is 2.48. The van der Waals surface area contributed by atoms with Crippen LogP contribution in [-0.4, -0.2) is 50.9 Å². The van der Waals surface area contributed by atoms with Gasteiger partial charge in [0.2, 0.25) is 11.5 Å². The molecule has 0 fully saturated rings. The predicted molar refractivity (Wildman–Crippen MR) is 194 cm³/mol. The number of hydrogen-bond donors (Lipinski definition) is 0. The van der Waals surface area contributed by atoms with Crippen molar-refractivity contribution >= 4 is 17.9 Å². The second kappa shape index (κ2) is 16.8. The third-order valence-electron chi connectivity index (χ3n) is 8.31. The first-order valence-corrected chi connectivity index (χ1v) is 18.0. The smallest absolute Gasteiger partial charge is 0.426 e. The maximum Gasteiger partial charge on any atom is 0.426 e. The van der Waals surface area contributed by atoms with Gasteiger partial charge in [-0.15, -0.1) is 10.2 Å². The van der Waals surface area contributed by atoms with Gasteiger partial charge >= 0.3 is 24.5 Å². The van der Waals surface area contributed by atoms with E-state index in [-0.39, 0.29) is 24.2 Å². The van der Waals surface area contributed by atoms with Crippen LogP contribution < -0.4 is 9.64 Å². The molecule has 0 radical (unpaired) electrons. The fourth-order valence-corrected chi connectivity index (χ4v) is 5.71. The van der Waals surface area contributed by atoms with Crippen LogP contribution in [0.5, 0.6) is 5.88 Å². The Hall–Kier alpha value is -5.52. The molecule has 2 atom stereocenters. The van der Waals surface area contributed by atoms with Crippen LogP contribution in [0.15, 0.2) is 77.2 Å².